The summed E-state index contributed by atoms with van der Waals surface area (Å²) >= 11 is 0. The number of nitrogens with zero attached hydrogens (tertiary/aromatic N) is 3. The van der Waals surface area contributed by atoms with Gasteiger partial charge >= 0.3 is 5.91 Å². The molecule has 6 heteroatoms. The van der Waals surface area contributed by atoms with E-state index < -0.39 is 0 Å². The van der Waals surface area contributed by atoms with Gasteiger partial charge in [0.2, 0.25) is 0 Å². The largest absolute Gasteiger partial charge is 1.00 e. The van der Waals surface area contributed by atoms with Crippen LogP contribution in [0.5, 0.6) is 0 Å². The van der Waals surface area contributed by atoms with Crippen molar-refractivity contribution in [3.8, 4) is 0 Å². The minimum absolute atomic E-state index is 0. The lowest BCUT2D eigenvalue weighted by Crippen LogP contribution is -3.00. The monoisotopic (exact) mass is 496 g/mol. The van der Waals surface area contributed by atoms with E-state index in [1.807, 2.05) is 18.2 Å². The van der Waals surface area contributed by atoms with E-state index in [0.717, 1.165) is 24.9 Å². The Morgan fingerprint density at radius 3 is 1.68 bits per heavy atom. The standard InChI is InChI=1S/C21H45N3.C7H8NO.ClH/c1-6-10-12-19(8-3)14-23-16-21(22)17-24(18(23)5)15-20(9-4)13-11-7-2;1-7(9)8-5-3-2-4-6-8;/h18-21H,6-17,22H2,1-5H3;2-6H,1H3;1H/q;+1;/p-1. The zero-order chi connectivity index (χ0) is 24.6. The second-order valence-corrected chi connectivity index (χ2v) is 9.93. The molecule has 2 N–H and O–H groups in total. The molecule has 198 valence electrons. The Kier molecular flexibility index (Phi) is 18.6. The van der Waals surface area contributed by atoms with Crippen LogP contribution in [0.25, 0.3) is 0 Å². The topological polar surface area (TPSA) is 53.4 Å². The molecular formula is C28H53ClN4O. The summed E-state index contributed by atoms with van der Waals surface area (Å²) in [5.41, 5.74) is 6.43. The van der Waals surface area contributed by atoms with Crippen LogP contribution in [0, 0.1) is 11.8 Å². The molecular weight excluding hydrogens is 444 g/mol. The molecule has 0 saturated carbocycles. The van der Waals surface area contributed by atoms with E-state index in [1.54, 1.807) is 12.4 Å². The summed E-state index contributed by atoms with van der Waals surface area (Å²) in [4.78, 5) is 16.0. The Labute approximate surface area is 216 Å². The molecule has 2 unspecified atom stereocenters. The van der Waals surface area contributed by atoms with Gasteiger partial charge in [-0.15, -0.1) is 4.57 Å². The molecule has 5 nitrogen and oxygen atoms in total. The maximum absolute atomic E-state index is 10.6. The number of hydrogen-bond acceptors (Lipinski definition) is 4. The van der Waals surface area contributed by atoms with E-state index in [9.17, 15) is 4.79 Å². The lowest BCUT2D eigenvalue weighted by molar-refractivity contribution is -0.572. The summed E-state index contributed by atoms with van der Waals surface area (Å²) in [5.74, 6) is 1.71. The molecule has 0 aliphatic carbocycles. The van der Waals surface area contributed by atoms with Crippen molar-refractivity contribution in [3.63, 3.8) is 0 Å². The fourth-order valence-electron chi connectivity index (χ4n) is 4.76. The maximum atomic E-state index is 10.6. The second kappa shape index (κ2) is 19.2. The first-order valence-corrected chi connectivity index (χ1v) is 13.6. The third-order valence-corrected chi connectivity index (χ3v) is 7.15. The number of unbranched alkanes of at least 4 members (excludes halogenated alkanes) is 2. The normalized spacial score (nSPS) is 20.6. The van der Waals surface area contributed by atoms with Crippen molar-refractivity contribution in [2.75, 3.05) is 26.2 Å². The SMILES string of the molecule is CC(=O)[n+]1ccccc1.CCCCC(CC)CN1CC(N)CN(CC(CC)CCCC)C1C.[Cl-]. The molecule has 2 rings (SSSR count). The molecule has 0 amide bonds. The van der Waals surface area contributed by atoms with Crippen LogP contribution in [0.2, 0.25) is 0 Å². The highest BCUT2D eigenvalue weighted by Crippen LogP contribution is 2.23. The quantitative estimate of drug-likeness (QED) is 0.451. The maximum Gasteiger partial charge on any atom is 0.389 e. The Balaban J connectivity index is 0.000000911. The molecule has 1 aliphatic heterocycles. The zero-order valence-electron chi connectivity index (χ0n) is 22.9. The predicted molar refractivity (Wildman–Crippen MR) is 140 cm³/mol. The number of carbonyl (C=O) groups excluding carboxylic acids is 1. The molecule has 1 aromatic rings. The van der Waals surface area contributed by atoms with Crippen molar-refractivity contribution in [2.45, 2.75) is 105 Å². The summed E-state index contributed by atoms with van der Waals surface area (Å²) in [6.45, 7) is 17.9. The van der Waals surface area contributed by atoms with Gasteiger partial charge in [-0.3, -0.25) is 9.80 Å². The van der Waals surface area contributed by atoms with Gasteiger partial charge in [0.1, 0.15) is 0 Å². The van der Waals surface area contributed by atoms with Crippen LogP contribution in [0.3, 0.4) is 0 Å². The average molecular weight is 497 g/mol. The van der Waals surface area contributed by atoms with Gasteiger partial charge < -0.3 is 18.1 Å². The van der Waals surface area contributed by atoms with Gasteiger partial charge in [-0.25, -0.2) is 4.79 Å². The van der Waals surface area contributed by atoms with Crippen LogP contribution in [-0.2, 0) is 0 Å². The molecule has 1 aromatic heterocycles. The number of halogens is 1. The van der Waals surface area contributed by atoms with E-state index in [0.29, 0.717) is 12.2 Å². The highest BCUT2D eigenvalue weighted by molar-refractivity contribution is 5.62. The summed E-state index contributed by atoms with van der Waals surface area (Å²) < 4.78 is 1.53. The molecule has 0 radical (unpaired) electrons. The summed E-state index contributed by atoms with van der Waals surface area (Å²) in [6.07, 6.45) is 14.7. The van der Waals surface area contributed by atoms with Crippen LogP contribution in [0.1, 0.15) is 97.7 Å². The van der Waals surface area contributed by atoms with Crippen LogP contribution in [0.4, 0.5) is 0 Å². The fraction of sp³-hybridized carbons (Fsp3) is 0.786. The van der Waals surface area contributed by atoms with E-state index >= 15 is 0 Å². The molecule has 1 saturated heterocycles. The Morgan fingerprint density at radius 2 is 1.35 bits per heavy atom. The minimum atomic E-state index is 0. The first-order valence-electron chi connectivity index (χ1n) is 13.6. The molecule has 34 heavy (non-hydrogen) atoms. The summed E-state index contributed by atoms with van der Waals surface area (Å²) in [7, 11) is 0. The highest BCUT2D eigenvalue weighted by Gasteiger charge is 2.31. The van der Waals surface area contributed by atoms with Crippen LogP contribution >= 0.6 is 0 Å². The third kappa shape index (κ3) is 12.6. The van der Waals surface area contributed by atoms with Gasteiger partial charge in [-0.1, -0.05) is 72.3 Å². The lowest BCUT2D eigenvalue weighted by atomic mass is 9.96. The highest BCUT2D eigenvalue weighted by atomic mass is 35.5. The van der Waals surface area contributed by atoms with Gasteiger partial charge in [-0.05, 0) is 31.6 Å². The van der Waals surface area contributed by atoms with Crippen molar-refractivity contribution >= 4 is 5.91 Å². The number of hydrogen-bond donors (Lipinski definition) is 1. The van der Waals surface area contributed by atoms with Gasteiger partial charge in [0.15, 0.2) is 12.4 Å². The van der Waals surface area contributed by atoms with Crippen LogP contribution in [0.15, 0.2) is 30.6 Å². The molecule has 0 bridgehead atoms. The van der Waals surface area contributed by atoms with Crippen molar-refractivity contribution in [3.05, 3.63) is 30.6 Å². The van der Waals surface area contributed by atoms with E-state index in [1.165, 1.54) is 75.9 Å². The molecule has 1 fully saturated rings. The fourth-order valence-corrected chi connectivity index (χ4v) is 4.76. The predicted octanol–water partition coefficient (Wildman–Crippen LogP) is 2.35. The zero-order valence-corrected chi connectivity index (χ0v) is 23.6. The molecule has 0 aromatic carbocycles. The van der Waals surface area contributed by atoms with E-state index in [4.69, 9.17) is 5.73 Å². The molecule has 2 atom stereocenters. The van der Waals surface area contributed by atoms with Gasteiger partial charge in [0.05, 0.1) is 13.1 Å². The lowest BCUT2D eigenvalue weighted by Gasteiger charge is -2.47. The smallest absolute Gasteiger partial charge is 0.389 e. The van der Waals surface area contributed by atoms with Crippen molar-refractivity contribution in [2.24, 2.45) is 17.6 Å². The van der Waals surface area contributed by atoms with Crippen molar-refractivity contribution in [1.29, 1.82) is 0 Å². The number of carbonyl (C=O) groups is 1. The number of pyridine rings is 1. The van der Waals surface area contributed by atoms with Crippen molar-refractivity contribution in [1.82, 2.24) is 9.80 Å². The average Bonchev–Trinajstić information content (AvgIpc) is 2.82. The first-order chi connectivity index (χ1) is 15.9. The van der Waals surface area contributed by atoms with Gasteiger partial charge in [0.25, 0.3) is 0 Å². The molecule has 1 aliphatic rings. The summed E-state index contributed by atoms with van der Waals surface area (Å²) in [5, 5.41) is 0. The van der Waals surface area contributed by atoms with Crippen molar-refractivity contribution < 1.29 is 21.8 Å². The molecule has 0 spiro atoms. The van der Waals surface area contributed by atoms with Crippen LogP contribution < -0.4 is 22.7 Å². The summed E-state index contributed by atoms with van der Waals surface area (Å²) in [6, 6.07) is 5.83. The first kappa shape index (κ1) is 33.0. The molecule has 2 heterocycles. The Hall–Kier alpha value is -1.01. The number of aromatic nitrogens is 1. The second-order valence-electron chi connectivity index (χ2n) is 9.93. The number of rotatable bonds is 12. The van der Waals surface area contributed by atoms with Gasteiger partial charge in [-0.2, -0.15) is 0 Å². The van der Waals surface area contributed by atoms with Crippen LogP contribution in [-0.4, -0.2) is 54.1 Å². The Bertz CT molecular complexity index is 602. The van der Waals surface area contributed by atoms with E-state index in [2.05, 4.69) is 44.4 Å². The third-order valence-electron chi connectivity index (χ3n) is 7.15. The van der Waals surface area contributed by atoms with E-state index in [-0.39, 0.29) is 18.3 Å². The number of nitrogens with two attached hydrogens (primary N) is 1. The minimum Gasteiger partial charge on any atom is -1.00 e. The Morgan fingerprint density at radius 1 is 0.912 bits per heavy atom. The van der Waals surface area contributed by atoms with Gasteiger partial charge in [0, 0.05) is 44.4 Å².